The molecule has 0 atom stereocenters. The Bertz CT molecular complexity index is 840. The third-order valence-corrected chi connectivity index (χ3v) is 4.10. The van der Waals surface area contributed by atoms with Gasteiger partial charge in [-0.1, -0.05) is 23.7 Å². The minimum Gasteiger partial charge on any atom is -0.496 e. The van der Waals surface area contributed by atoms with Gasteiger partial charge in [0.2, 0.25) is 0 Å². The van der Waals surface area contributed by atoms with Crippen LogP contribution in [0, 0.1) is 0 Å². The van der Waals surface area contributed by atoms with E-state index in [0.717, 1.165) is 5.56 Å². The number of rotatable bonds is 7. The van der Waals surface area contributed by atoms with Crippen LogP contribution in [-0.2, 0) is 11.3 Å². The number of carbonyl (C=O) groups is 2. The molecule has 0 aliphatic rings. The van der Waals surface area contributed by atoms with Crippen molar-refractivity contribution in [1.29, 1.82) is 0 Å². The van der Waals surface area contributed by atoms with Gasteiger partial charge in [-0.05, 0) is 23.8 Å². The van der Waals surface area contributed by atoms with E-state index in [2.05, 4.69) is 5.32 Å². The van der Waals surface area contributed by atoms with Crippen molar-refractivity contribution >= 4 is 29.1 Å². The highest BCUT2D eigenvalue weighted by atomic mass is 35.5. The summed E-state index contributed by atoms with van der Waals surface area (Å²) in [6, 6.07) is 10.1. The number of carbonyl (C=O) groups excluding carboxylic acids is 2. The van der Waals surface area contributed by atoms with Crippen LogP contribution in [0.2, 0.25) is 5.02 Å². The molecule has 0 aromatic heterocycles. The predicted octanol–water partition coefficient (Wildman–Crippen LogP) is 2.33. The van der Waals surface area contributed by atoms with Gasteiger partial charge in [-0.15, -0.1) is 0 Å². The van der Waals surface area contributed by atoms with E-state index in [1.807, 2.05) is 6.07 Å². The number of nitrogen functional groups attached to an aromatic ring is 1. The number of halogens is 1. The quantitative estimate of drug-likeness (QED) is 0.706. The fourth-order valence-corrected chi connectivity index (χ4v) is 2.38. The molecule has 0 radical (unpaired) electrons. The average molecular weight is 392 g/mol. The second-order valence-electron chi connectivity index (χ2n) is 5.98. The standard InChI is InChI=1S/C19H22ClN3O4/c1-23(2)18(24)11-27-13-6-4-5-12(7-13)10-22-19(25)14-8-15(20)16(21)9-17(14)26-3/h4-9H,10-11,21H2,1-3H3,(H,22,25). The zero-order valence-electron chi connectivity index (χ0n) is 15.4. The second kappa shape index (κ2) is 9.14. The molecule has 8 heteroatoms. The first kappa shape index (κ1) is 20.4. The highest BCUT2D eigenvalue weighted by Gasteiger charge is 2.15. The maximum absolute atomic E-state index is 12.5. The summed E-state index contributed by atoms with van der Waals surface area (Å²) in [7, 11) is 4.78. The van der Waals surface area contributed by atoms with Crippen molar-refractivity contribution in [3.05, 3.63) is 52.5 Å². The number of likely N-dealkylation sites (N-methyl/N-ethyl adjacent to an activating group) is 1. The summed E-state index contributed by atoms with van der Waals surface area (Å²) >= 11 is 6.00. The highest BCUT2D eigenvalue weighted by Crippen LogP contribution is 2.28. The van der Waals surface area contributed by atoms with Gasteiger partial charge < -0.3 is 25.4 Å². The normalized spacial score (nSPS) is 10.2. The lowest BCUT2D eigenvalue weighted by Gasteiger charge is -2.13. The number of nitrogens with zero attached hydrogens (tertiary/aromatic N) is 1. The topological polar surface area (TPSA) is 93.9 Å². The van der Waals surface area contributed by atoms with Crippen molar-refractivity contribution in [1.82, 2.24) is 10.2 Å². The fraction of sp³-hybridized carbons (Fsp3) is 0.263. The molecule has 2 rings (SSSR count). The molecule has 0 spiro atoms. The van der Waals surface area contributed by atoms with Gasteiger partial charge in [0.1, 0.15) is 11.5 Å². The average Bonchev–Trinajstić information content (AvgIpc) is 2.66. The molecule has 27 heavy (non-hydrogen) atoms. The largest absolute Gasteiger partial charge is 0.496 e. The van der Waals surface area contributed by atoms with Gasteiger partial charge in [0.25, 0.3) is 11.8 Å². The molecule has 2 aromatic rings. The molecular weight excluding hydrogens is 370 g/mol. The first-order valence-corrected chi connectivity index (χ1v) is 8.52. The number of anilines is 1. The van der Waals surface area contributed by atoms with Gasteiger partial charge in [0, 0.05) is 26.7 Å². The molecule has 7 nitrogen and oxygen atoms in total. The smallest absolute Gasteiger partial charge is 0.259 e. The van der Waals surface area contributed by atoms with Crippen molar-refractivity contribution in [2.45, 2.75) is 6.54 Å². The number of hydrogen-bond donors (Lipinski definition) is 2. The maximum atomic E-state index is 12.5. The maximum Gasteiger partial charge on any atom is 0.259 e. The van der Waals surface area contributed by atoms with Crippen molar-refractivity contribution in [2.75, 3.05) is 33.5 Å². The lowest BCUT2D eigenvalue weighted by molar-refractivity contribution is -0.130. The lowest BCUT2D eigenvalue weighted by Crippen LogP contribution is -2.27. The van der Waals surface area contributed by atoms with Crippen LogP contribution < -0.4 is 20.5 Å². The zero-order chi connectivity index (χ0) is 20.0. The van der Waals surface area contributed by atoms with E-state index in [9.17, 15) is 9.59 Å². The number of nitrogens with one attached hydrogen (secondary N) is 1. The highest BCUT2D eigenvalue weighted by molar-refractivity contribution is 6.33. The Labute approximate surface area is 163 Å². The van der Waals surface area contributed by atoms with Gasteiger partial charge in [-0.2, -0.15) is 0 Å². The van der Waals surface area contributed by atoms with E-state index < -0.39 is 0 Å². The van der Waals surface area contributed by atoms with Crippen LogP contribution in [0.3, 0.4) is 0 Å². The van der Waals surface area contributed by atoms with Crippen LogP contribution in [0.25, 0.3) is 0 Å². The second-order valence-corrected chi connectivity index (χ2v) is 6.39. The number of amides is 2. The molecule has 0 fully saturated rings. The Morgan fingerprint density at radius 2 is 1.96 bits per heavy atom. The number of hydrogen-bond acceptors (Lipinski definition) is 5. The molecule has 144 valence electrons. The molecule has 0 aliphatic heterocycles. The van der Waals surface area contributed by atoms with Crippen molar-refractivity contribution < 1.29 is 19.1 Å². The molecule has 0 bridgehead atoms. The molecule has 2 amide bonds. The SMILES string of the molecule is COc1cc(N)c(Cl)cc1C(=O)NCc1cccc(OCC(=O)N(C)C)c1. The summed E-state index contributed by atoms with van der Waals surface area (Å²) < 4.78 is 10.7. The fourth-order valence-electron chi connectivity index (χ4n) is 2.21. The van der Waals surface area contributed by atoms with Crippen LogP contribution in [0.4, 0.5) is 5.69 Å². The van der Waals surface area contributed by atoms with Crippen LogP contribution in [0.5, 0.6) is 11.5 Å². The third kappa shape index (κ3) is 5.52. The first-order valence-electron chi connectivity index (χ1n) is 8.15. The number of ether oxygens (including phenoxy) is 2. The molecule has 2 aromatic carbocycles. The summed E-state index contributed by atoms with van der Waals surface area (Å²) in [6.07, 6.45) is 0. The molecule has 0 aliphatic carbocycles. The van der Waals surface area contributed by atoms with Crippen molar-refractivity contribution in [3.63, 3.8) is 0 Å². The molecular formula is C19H22ClN3O4. The van der Waals surface area contributed by atoms with Crippen molar-refractivity contribution in [2.24, 2.45) is 0 Å². The Balaban J connectivity index is 2.02. The van der Waals surface area contributed by atoms with Crippen LogP contribution in [0.1, 0.15) is 15.9 Å². The van der Waals surface area contributed by atoms with Gasteiger partial charge in [0.05, 0.1) is 23.4 Å². The summed E-state index contributed by atoms with van der Waals surface area (Å²) in [5.74, 6) is 0.405. The Morgan fingerprint density at radius 1 is 1.22 bits per heavy atom. The summed E-state index contributed by atoms with van der Waals surface area (Å²) in [5.41, 5.74) is 7.18. The number of benzene rings is 2. The Kier molecular flexibility index (Phi) is 6.90. The van der Waals surface area contributed by atoms with E-state index in [1.54, 1.807) is 32.3 Å². The summed E-state index contributed by atoms with van der Waals surface area (Å²) in [5, 5.41) is 3.08. The molecule has 3 N–H and O–H groups in total. The van der Waals surface area contributed by atoms with Crippen LogP contribution in [-0.4, -0.2) is 44.5 Å². The minimum absolute atomic E-state index is 0.0516. The van der Waals surface area contributed by atoms with Gasteiger partial charge in [-0.25, -0.2) is 0 Å². The molecule has 0 saturated carbocycles. The monoisotopic (exact) mass is 391 g/mol. The van der Waals surface area contributed by atoms with E-state index in [-0.39, 0.29) is 30.0 Å². The summed E-state index contributed by atoms with van der Waals surface area (Å²) in [4.78, 5) is 25.5. The summed E-state index contributed by atoms with van der Waals surface area (Å²) in [6.45, 7) is 0.215. The van der Waals surface area contributed by atoms with Crippen LogP contribution in [0.15, 0.2) is 36.4 Å². The molecule has 0 unspecified atom stereocenters. The van der Waals surface area contributed by atoms with E-state index >= 15 is 0 Å². The molecule has 0 saturated heterocycles. The van der Waals surface area contributed by atoms with Crippen molar-refractivity contribution in [3.8, 4) is 11.5 Å². The minimum atomic E-state index is -0.345. The lowest BCUT2D eigenvalue weighted by atomic mass is 10.1. The Morgan fingerprint density at radius 3 is 2.63 bits per heavy atom. The van der Waals surface area contributed by atoms with Crippen LogP contribution >= 0.6 is 11.6 Å². The predicted molar refractivity (Wildman–Crippen MR) is 104 cm³/mol. The van der Waals surface area contributed by atoms with E-state index in [4.69, 9.17) is 26.8 Å². The van der Waals surface area contributed by atoms with E-state index in [0.29, 0.717) is 22.7 Å². The third-order valence-electron chi connectivity index (χ3n) is 3.78. The number of methoxy groups -OCH3 is 1. The van der Waals surface area contributed by atoms with Gasteiger partial charge in [0.15, 0.2) is 6.61 Å². The first-order chi connectivity index (χ1) is 12.8. The Hall–Kier alpha value is -2.93. The molecule has 0 heterocycles. The van der Waals surface area contributed by atoms with Gasteiger partial charge >= 0.3 is 0 Å². The van der Waals surface area contributed by atoms with E-state index in [1.165, 1.54) is 24.1 Å². The zero-order valence-corrected chi connectivity index (χ0v) is 16.2. The number of nitrogens with two attached hydrogens (primary N) is 1. The van der Waals surface area contributed by atoms with Gasteiger partial charge in [-0.3, -0.25) is 9.59 Å².